The van der Waals surface area contributed by atoms with Crippen LogP contribution in [0, 0.1) is 0 Å². The lowest BCUT2D eigenvalue weighted by Gasteiger charge is -2.12. The molecule has 4 aromatic heterocycles. The quantitative estimate of drug-likeness (QED) is 0.186. The molecule has 0 aliphatic heterocycles. The van der Waals surface area contributed by atoms with Crippen molar-refractivity contribution in [2.45, 2.75) is 0 Å². The third-order valence-corrected chi connectivity index (χ3v) is 10.3. The van der Waals surface area contributed by atoms with Gasteiger partial charge in [-0.05, 0) is 35.3 Å². The van der Waals surface area contributed by atoms with Gasteiger partial charge in [-0.25, -0.2) is 4.98 Å². The average molecular weight is 681 g/mol. The van der Waals surface area contributed by atoms with Gasteiger partial charge in [-0.15, -0.1) is 11.3 Å². The topological polar surface area (TPSA) is 56.7 Å². The first-order chi connectivity index (χ1) is 29.4. The van der Waals surface area contributed by atoms with Crippen molar-refractivity contribution < 1.29 is 18.1 Å². The number of aromatic nitrogens is 4. The molecule has 11 aromatic rings. The van der Waals surface area contributed by atoms with Crippen LogP contribution in [0.2, 0.25) is 0 Å². The van der Waals surface area contributed by atoms with E-state index in [1.807, 2.05) is 97.1 Å². The van der Waals surface area contributed by atoms with Gasteiger partial charge in [-0.3, -0.25) is 4.57 Å². The number of rotatable bonds is 4. The molecule has 6 heteroatoms. The van der Waals surface area contributed by atoms with Gasteiger partial charge in [0.05, 0.1) is 35.0 Å². The number of thiophene rings is 1. The highest BCUT2D eigenvalue weighted by atomic mass is 32.1. The van der Waals surface area contributed by atoms with E-state index in [1.165, 1.54) is 4.57 Å². The van der Waals surface area contributed by atoms with Crippen molar-refractivity contribution in [2.24, 2.45) is 0 Å². The van der Waals surface area contributed by atoms with Crippen LogP contribution in [0.4, 0.5) is 0 Å². The van der Waals surface area contributed by atoms with Gasteiger partial charge in [0.1, 0.15) is 11.2 Å². The molecule has 11 rings (SSSR count). The molecule has 0 fully saturated rings. The Balaban J connectivity index is 1.31. The standard InChI is InChI=1S/C45H26N4OS/c1-2-11-27(12-3-1)28-21-23-29(24-22-28)43-46-44(36-17-10-16-34-31-14-5-8-19-38(31)50-41(34)36)48-45(47-43)49-37-18-7-4-13-30(37)33-25-26-35-32-15-6-9-20-39(32)51-42(35)40(33)49/h1-26H/i4D,6D,7D,9D,13D,15D,18D,20D,25D,26D. The summed E-state index contributed by atoms with van der Waals surface area (Å²) in [6, 6.07) is 26.5. The molecule has 0 bridgehead atoms. The highest BCUT2D eigenvalue weighted by Crippen LogP contribution is 2.43. The molecule has 4 heterocycles. The van der Waals surface area contributed by atoms with Crippen molar-refractivity contribution in [3.8, 4) is 39.9 Å². The Morgan fingerprint density at radius 3 is 2.14 bits per heavy atom. The summed E-state index contributed by atoms with van der Waals surface area (Å²) >= 11 is 0.989. The number of furan rings is 1. The molecule has 0 atom stereocenters. The lowest BCUT2D eigenvalue weighted by atomic mass is 10.0. The lowest BCUT2D eigenvalue weighted by molar-refractivity contribution is 0.669. The van der Waals surface area contributed by atoms with Crippen LogP contribution in [0.3, 0.4) is 0 Å². The second-order valence-corrected chi connectivity index (χ2v) is 13.1. The van der Waals surface area contributed by atoms with Crippen LogP contribution in [0.15, 0.2) is 162 Å². The van der Waals surface area contributed by atoms with Crippen molar-refractivity contribution in [2.75, 3.05) is 0 Å². The fraction of sp³-hybridized carbons (Fsp3) is 0. The summed E-state index contributed by atoms with van der Waals surface area (Å²) in [5.41, 5.74) is 4.36. The molecule has 0 saturated heterocycles. The van der Waals surface area contributed by atoms with Crippen LogP contribution < -0.4 is 0 Å². The molecule has 0 aliphatic rings. The van der Waals surface area contributed by atoms with Gasteiger partial charge in [0.15, 0.2) is 11.6 Å². The van der Waals surface area contributed by atoms with Gasteiger partial charge >= 0.3 is 0 Å². The molecule has 7 aromatic carbocycles. The maximum Gasteiger partial charge on any atom is 0.238 e. The lowest BCUT2D eigenvalue weighted by Crippen LogP contribution is -2.06. The fourth-order valence-corrected chi connectivity index (χ4v) is 7.95. The van der Waals surface area contributed by atoms with E-state index in [0.29, 0.717) is 22.3 Å². The van der Waals surface area contributed by atoms with Crippen LogP contribution in [-0.4, -0.2) is 19.5 Å². The number of hydrogen-bond donors (Lipinski definition) is 0. The highest BCUT2D eigenvalue weighted by Gasteiger charge is 2.22. The van der Waals surface area contributed by atoms with E-state index in [0.717, 1.165) is 33.2 Å². The molecular formula is C45H26N4OS. The first-order valence-electron chi connectivity index (χ1n) is 21.1. The smallest absolute Gasteiger partial charge is 0.238 e. The van der Waals surface area contributed by atoms with Gasteiger partial charge in [0.2, 0.25) is 5.95 Å². The van der Waals surface area contributed by atoms with E-state index in [9.17, 15) is 4.11 Å². The summed E-state index contributed by atoms with van der Waals surface area (Å²) in [7, 11) is 0. The summed E-state index contributed by atoms with van der Waals surface area (Å²) in [6.45, 7) is 0. The second-order valence-electron chi connectivity index (χ2n) is 12.0. The number of nitrogens with zero attached hydrogens (tertiary/aromatic N) is 4. The Hall–Kier alpha value is -6.63. The maximum absolute atomic E-state index is 9.44. The Morgan fingerprint density at radius 2 is 1.24 bits per heavy atom. The summed E-state index contributed by atoms with van der Waals surface area (Å²) in [5.74, 6) is 0.336. The van der Waals surface area contributed by atoms with Crippen molar-refractivity contribution in [1.82, 2.24) is 19.5 Å². The van der Waals surface area contributed by atoms with Crippen molar-refractivity contribution in [3.63, 3.8) is 0 Å². The zero-order valence-corrected chi connectivity index (χ0v) is 27.2. The van der Waals surface area contributed by atoms with Crippen LogP contribution in [0.25, 0.3) is 104 Å². The minimum absolute atomic E-state index is 0.0245. The molecule has 238 valence electrons. The van der Waals surface area contributed by atoms with E-state index in [4.69, 9.17) is 29.0 Å². The largest absolute Gasteiger partial charge is 0.455 e. The predicted octanol–water partition coefficient (Wildman–Crippen LogP) is 12.2. The third kappa shape index (κ3) is 4.30. The van der Waals surface area contributed by atoms with Crippen molar-refractivity contribution >= 4 is 75.3 Å². The van der Waals surface area contributed by atoms with E-state index in [1.54, 1.807) is 0 Å². The molecular weight excluding hydrogens is 645 g/mol. The first-order valence-corrected chi connectivity index (χ1v) is 16.9. The summed E-state index contributed by atoms with van der Waals surface area (Å²) in [4.78, 5) is 15.1. The number of para-hydroxylation sites is 3. The van der Waals surface area contributed by atoms with Gasteiger partial charge in [0, 0.05) is 42.6 Å². The molecule has 5 nitrogen and oxygen atoms in total. The summed E-state index contributed by atoms with van der Waals surface area (Å²) < 4.78 is 97.6. The first kappa shape index (κ1) is 20.1. The molecule has 51 heavy (non-hydrogen) atoms. The number of fused-ring (bicyclic) bond motifs is 10. The van der Waals surface area contributed by atoms with E-state index in [-0.39, 0.29) is 83.7 Å². The Morgan fingerprint density at radius 1 is 0.529 bits per heavy atom. The summed E-state index contributed by atoms with van der Waals surface area (Å²) in [5, 5.41) is 1.85. The van der Waals surface area contributed by atoms with Gasteiger partial charge in [-0.2, -0.15) is 9.97 Å². The van der Waals surface area contributed by atoms with Gasteiger partial charge in [-0.1, -0.05) is 133 Å². The normalized spacial score (nSPS) is 14.7. The number of benzene rings is 7. The Bertz CT molecular complexity index is 3720. The molecule has 0 amide bonds. The van der Waals surface area contributed by atoms with Crippen LogP contribution in [-0.2, 0) is 0 Å². The van der Waals surface area contributed by atoms with Crippen LogP contribution in [0.5, 0.6) is 0 Å². The summed E-state index contributed by atoms with van der Waals surface area (Å²) in [6.07, 6.45) is 0. The molecule has 0 aliphatic carbocycles. The molecule has 0 N–H and O–H groups in total. The maximum atomic E-state index is 9.44. The SMILES string of the molecule is [2H]c1c([2H])c([2H])c2c(sc3c2c([2H])c([2H])c2c4c([2H])c([2H])c([2H])c([2H])c4n(-c4nc(-c5ccc(-c6ccccc6)cc5)nc(-c5cccc6c5oc5ccccc56)n4)c32)c1[2H]. The van der Waals surface area contributed by atoms with Crippen molar-refractivity contribution in [3.05, 3.63) is 157 Å². The monoisotopic (exact) mass is 680 g/mol. The third-order valence-electron chi connectivity index (χ3n) is 9.18. The number of hydrogen-bond acceptors (Lipinski definition) is 5. The van der Waals surface area contributed by atoms with Crippen LogP contribution >= 0.6 is 11.3 Å². The average Bonchev–Trinajstić information content (AvgIpc) is 3.99. The zero-order valence-electron chi connectivity index (χ0n) is 36.3. The van der Waals surface area contributed by atoms with E-state index in [2.05, 4.69) is 0 Å². The van der Waals surface area contributed by atoms with Gasteiger partial charge < -0.3 is 4.42 Å². The minimum atomic E-state index is -0.538. The molecule has 0 unspecified atom stereocenters. The Kier molecular flexibility index (Phi) is 4.32. The minimum Gasteiger partial charge on any atom is -0.455 e. The molecule has 0 saturated carbocycles. The highest BCUT2D eigenvalue weighted by molar-refractivity contribution is 7.26. The fourth-order valence-electron chi connectivity index (χ4n) is 6.84. The van der Waals surface area contributed by atoms with E-state index < -0.39 is 36.3 Å². The molecule has 0 radical (unpaired) electrons. The van der Waals surface area contributed by atoms with Crippen LogP contribution in [0.1, 0.15) is 13.7 Å². The Labute approximate surface area is 309 Å². The van der Waals surface area contributed by atoms with Crippen molar-refractivity contribution in [1.29, 1.82) is 0 Å². The van der Waals surface area contributed by atoms with E-state index >= 15 is 0 Å². The predicted molar refractivity (Wildman–Crippen MR) is 211 cm³/mol. The van der Waals surface area contributed by atoms with Gasteiger partial charge in [0.25, 0.3) is 0 Å². The zero-order chi connectivity index (χ0) is 42.2. The molecule has 0 spiro atoms. The second kappa shape index (κ2) is 10.9.